The number of pyridine rings is 1. The first-order valence-corrected chi connectivity index (χ1v) is 11.7. The van der Waals surface area contributed by atoms with Crippen molar-refractivity contribution >= 4 is 29.4 Å². The highest BCUT2D eigenvalue weighted by Crippen LogP contribution is 2.23. The van der Waals surface area contributed by atoms with Crippen molar-refractivity contribution in [2.24, 2.45) is 5.92 Å². The fourth-order valence-corrected chi connectivity index (χ4v) is 4.21. The topological polar surface area (TPSA) is 119 Å². The van der Waals surface area contributed by atoms with E-state index in [-0.39, 0.29) is 30.4 Å². The van der Waals surface area contributed by atoms with Crippen LogP contribution in [0.4, 0.5) is 16.3 Å². The first-order chi connectivity index (χ1) is 17.0. The predicted molar refractivity (Wildman–Crippen MR) is 128 cm³/mol. The Balaban J connectivity index is 1.16. The van der Waals surface area contributed by atoms with Gasteiger partial charge in [0.25, 0.3) is 5.91 Å². The third kappa shape index (κ3) is 6.26. The summed E-state index contributed by atoms with van der Waals surface area (Å²) in [7, 11) is 0. The Labute approximate surface area is 204 Å². The van der Waals surface area contributed by atoms with Crippen molar-refractivity contribution in [2.75, 3.05) is 56.1 Å². The van der Waals surface area contributed by atoms with Gasteiger partial charge in [0.1, 0.15) is 11.9 Å². The highest BCUT2D eigenvalue weighted by molar-refractivity contribution is 5.89. The summed E-state index contributed by atoms with van der Waals surface area (Å²) >= 11 is 0. The van der Waals surface area contributed by atoms with E-state index in [2.05, 4.69) is 15.2 Å². The Morgan fingerprint density at radius 1 is 0.971 bits per heavy atom. The zero-order chi connectivity index (χ0) is 24.6. The maximum atomic E-state index is 12.5. The average molecular weight is 477 g/mol. The van der Waals surface area contributed by atoms with Crippen LogP contribution in [0.1, 0.15) is 18.4 Å². The van der Waals surface area contributed by atoms with Crippen LogP contribution < -0.4 is 10.2 Å². The first-order valence-electron chi connectivity index (χ1n) is 11.7. The molecule has 0 radical (unpaired) electrons. The number of amides is 3. The number of nitrogens with one attached hydrogen (secondary N) is 1. The number of nitrogens with zero attached hydrogens (tertiary/aromatic N) is 5. The number of carbonyl (C=O) groups is 3. The van der Waals surface area contributed by atoms with Crippen molar-refractivity contribution in [3.05, 3.63) is 54.2 Å². The molecule has 0 saturated carbocycles. The lowest BCUT2D eigenvalue weighted by Crippen LogP contribution is -2.52. The van der Waals surface area contributed by atoms with Gasteiger partial charge in [0.2, 0.25) is 0 Å². The van der Waals surface area contributed by atoms with Crippen LogP contribution in [0.25, 0.3) is 0 Å². The maximum absolute atomic E-state index is 12.5. The number of carbonyl (C=O) groups excluding carboxylic acids is 3. The number of hydrogen-bond donors (Lipinski definition) is 1. The summed E-state index contributed by atoms with van der Waals surface area (Å²) in [6.45, 7) is 2.65. The maximum Gasteiger partial charge on any atom is 0.321 e. The lowest BCUT2D eigenvalue weighted by Gasteiger charge is -2.35. The Hall–Kier alpha value is -4.13. The summed E-state index contributed by atoms with van der Waals surface area (Å²) in [4.78, 5) is 47.1. The fourth-order valence-electron chi connectivity index (χ4n) is 4.21. The van der Waals surface area contributed by atoms with Crippen molar-refractivity contribution < 1.29 is 19.1 Å². The molecule has 4 rings (SSSR count). The van der Waals surface area contributed by atoms with Crippen LogP contribution in [0.3, 0.4) is 0 Å². The average Bonchev–Trinajstić information content (AvgIpc) is 2.92. The van der Waals surface area contributed by atoms with Gasteiger partial charge in [-0.3, -0.25) is 9.59 Å². The number of esters is 1. The van der Waals surface area contributed by atoms with E-state index >= 15 is 0 Å². The number of nitriles is 1. The van der Waals surface area contributed by atoms with Gasteiger partial charge in [0.05, 0.1) is 11.5 Å². The van der Waals surface area contributed by atoms with Crippen LogP contribution in [0.15, 0.2) is 48.7 Å². The minimum Gasteiger partial charge on any atom is -0.455 e. The van der Waals surface area contributed by atoms with E-state index in [1.54, 1.807) is 21.9 Å². The van der Waals surface area contributed by atoms with E-state index in [4.69, 9.17) is 10.00 Å². The molecule has 1 aromatic heterocycles. The monoisotopic (exact) mass is 476 g/mol. The molecular weight excluding hydrogens is 448 g/mol. The molecule has 0 atom stereocenters. The molecule has 1 N–H and O–H groups in total. The molecule has 182 valence electrons. The molecule has 2 aromatic rings. The molecule has 0 bridgehead atoms. The minimum atomic E-state index is -0.355. The molecule has 35 heavy (non-hydrogen) atoms. The Morgan fingerprint density at radius 3 is 2.29 bits per heavy atom. The molecule has 2 fully saturated rings. The van der Waals surface area contributed by atoms with Crippen molar-refractivity contribution in [2.45, 2.75) is 12.8 Å². The summed E-state index contributed by atoms with van der Waals surface area (Å²) in [5, 5.41) is 11.7. The van der Waals surface area contributed by atoms with E-state index in [0.717, 1.165) is 11.5 Å². The summed E-state index contributed by atoms with van der Waals surface area (Å²) in [5.41, 5.74) is 1.23. The SMILES string of the molecule is N#Cc1ccc(N2CCC(C(=O)OCC(=O)N3CCN(C(=O)Nc4ccccc4)CC3)CC2)nc1. The van der Waals surface area contributed by atoms with Crippen LogP contribution >= 0.6 is 0 Å². The highest BCUT2D eigenvalue weighted by atomic mass is 16.5. The fraction of sp³-hybridized carbons (Fsp3) is 0.400. The number of urea groups is 1. The summed E-state index contributed by atoms with van der Waals surface area (Å²) < 4.78 is 5.33. The van der Waals surface area contributed by atoms with Crippen molar-refractivity contribution in [1.82, 2.24) is 14.8 Å². The molecule has 3 amide bonds. The zero-order valence-corrected chi connectivity index (χ0v) is 19.4. The molecule has 2 saturated heterocycles. The van der Waals surface area contributed by atoms with Gasteiger partial charge in [0.15, 0.2) is 6.61 Å². The van der Waals surface area contributed by atoms with Gasteiger partial charge >= 0.3 is 12.0 Å². The number of piperidine rings is 1. The molecule has 10 heteroatoms. The third-order valence-corrected chi connectivity index (χ3v) is 6.31. The number of benzene rings is 1. The van der Waals surface area contributed by atoms with Crippen LogP contribution in [0.2, 0.25) is 0 Å². The number of aromatic nitrogens is 1. The number of para-hydroxylation sites is 1. The third-order valence-electron chi connectivity index (χ3n) is 6.31. The zero-order valence-electron chi connectivity index (χ0n) is 19.4. The van der Waals surface area contributed by atoms with Crippen LogP contribution in [0.5, 0.6) is 0 Å². The van der Waals surface area contributed by atoms with Crippen molar-refractivity contribution in [1.29, 1.82) is 5.26 Å². The highest BCUT2D eigenvalue weighted by Gasteiger charge is 2.29. The quantitative estimate of drug-likeness (QED) is 0.657. The Kier molecular flexibility index (Phi) is 7.77. The number of anilines is 2. The second kappa shape index (κ2) is 11.3. The summed E-state index contributed by atoms with van der Waals surface area (Å²) in [5.74, 6) is -0.0779. The van der Waals surface area contributed by atoms with Gasteiger partial charge in [-0.2, -0.15) is 5.26 Å². The van der Waals surface area contributed by atoms with Gasteiger partial charge < -0.3 is 24.8 Å². The van der Waals surface area contributed by atoms with E-state index in [0.29, 0.717) is 57.7 Å². The standard InChI is InChI=1S/C25H28N6O4/c26-16-19-6-7-22(27-17-19)29-10-8-20(9-11-29)24(33)35-18-23(32)30-12-14-31(15-13-30)25(34)28-21-4-2-1-3-5-21/h1-7,17,20H,8-15,18H2,(H,28,34). The summed E-state index contributed by atoms with van der Waals surface area (Å²) in [6.07, 6.45) is 2.77. The van der Waals surface area contributed by atoms with Gasteiger partial charge in [-0.15, -0.1) is 0 Å². The van der Waals surface area contributed by atoms with Gasteiger partial charge in [-0.05, 0) is 37.1 Å². The lowest BCUT2D eigenvalue weighted by atomic mass is 9.97. The minimum absolute atomic E-state index is 0.197. The van der Waals surface area contributed by atoms with E-state index in [1.165, 1.54) is 6.20 Å². The molecule has 2 aliphatic heterocycles. The molecule has 0 unspecified atom stereocenters. The number of piperazine rings is 1. The largest absolute Gasteiger partial charge is 0.455 e. The van der Waals surface area contributed by atoms with E-state index in [9.17, 15) is 14.4 Å². The normalized spacial score (nSPS) is 16.4. The van der Waals surface area contributed by atoms with Crippen LogP contribution in [-0.2, 0) is 14.3 Å². The lowest BCUT2D eigenvalue weighted by molar-refractivity contribution is -0.156. The molecule has 1 aromatic carbocycles. The van der Waals surface area contributed by atoms with Crippen LogP contribution in [0, 0.1) is 17.2 Å². The van der Waals surface area contributed by atoms with Gasteiger partial charge in [-0.25, -0.2) is 9.78 Å². The van der Waals surface area contributed by atoms with Gasteiger partial charge in [-0.1, -0.05) is 18.2 Å². The number of rotatable bonds is 5. The molecule has 0 spiro atoms. The second-order valence-electron chi connectivity index (χ2n) is 8.55. The summed E-state index contributed by atoms with van der Waals surface area (Å²) in [6, 6.07) is 14.6. The molecule has 0 aliphatic carbocycles. The Morgan fingerprint density at radius 2 is 1.66 bits per heavy atom. The van der Waals surface area contributed by atoms with Gasteiger partial charge in [0, 0.05) is 51.2 Å². The molecule has 2 aliphatic rings. The molecular formula is C25H28N6O4. The number of ether oxygens (including phenoxy) is 1. The van der Waals surface area contributed by atoms with E-state index in [1.807, 2.05) is 36.4 Å². The number of hydrogen-bond acceptors (Lipinski definition) is 7. The smallest absolute Gasteiger partial charge is 0.321 e. The van der Waals surface area contributed by atoms with E-state index < -0.39 is 0 Å². The first kappa shape index (κ1) is 24.0. The van der Waals surface area contributed by atoms with Crippen molar-refractivity contribution in [3.8, 4) is 6.07 Å². The Bertz CT molecular complexity index is 1070. The second-order valence-corrected chi connectivity index (χ2v) is 8.55. The predicted octanol–water partition coefficient (Wildman–Crippen LogP) is 2.09. The molecule has 3 heterocycles. The molecule has 10 nitrogen and oxygen atoms in total. The van der Waals surface area contributed by atoms with Crippen LogP contribution in [-0.4, -0.2) is 78.6 Å². The van der Waals surface area contributed by atoms with Crippen molar-refractivity contribution in [3.63, 3.8) is 0 Å².